The van der Waals surface area contributed by atoms with Gasteiger partial charge in [-0.2, -0.15) is 0 Å². The van der Waals surface area contributed by atoms with E-state index >= 15 is 0 Å². The van der Waals surface area contributed by atoms with Crippen LogP contribution < -0.4 is 0 Å². The number of aliphatic hydroxyl groups is 2. The molecule has 1 aromatic carbocycles. The van der Waals surface area contributed by atoms with E-state index in [0.717, 1.165) is 5.56 Å². The molecule has 2 rings (SSSR count). The summed E-state index contributed by atoms with van der Waals surface area (Å²) in [6, 6.07) is 9.93. The van der Waals surface area contributed by atoms with Crippen LogP contribution in [0.4, 0.5) is 0 Å². The largest absolute Gasteiger partial charge is 0.394 e. The fourth-order valence-electron chi connectivity index (χ4n) is 2.24. The third-order valence-electron chi connectivity index (χ3n) is 3.43. The van der Waals surface area contributed by atoms with Crippen molar-refractivity contribution in [1.82, 2.24) is 4.90 Å². The molecule has 1 aromatic rings. The van der Waals surface area contributed by atoms with E-state index in [1.807, 2.05) is 30.3 Å². The van der Waals surface area contributed by atoms with Crippen molar-refractivity contribution in [3.63, 3.8) is 0 Å². The fourth-order valence-corrected chi connectivity index (χ4v) is 2.24. The Balaban J connectivity index is 1.95. The SMILES string of the molecule is CC1COC(CO)CN1CC(O)c1ccccc1. The molecule has 1 saturated heterocycles. The maximum absolute atomic E-state index is 10.2. The molecule has 2 N–H and O–H groups in total. The van der Waals surface area contributed by atoms with Gasteiger partial charge in [0, 0.05) is 19.1 Å². The maximum Gasteiger partial charge on any atom is 0.0933 e. The first-order valence-corrected chi connectivity index (χ1v) is 6.40. The number of β-amino-alcohol motifs (C(OH)–C–C–N with tert-alkyl or cyclic N) is 1. The molecule has 0 spiro atoms. The van der Waals surface area contributed by atoms with Crippen LogP contribution in [-0.4, -0.2) is 53.6 Å². The fraction of sp³-hybridized carbons (Fsp3) is 0.571. The van der Waals surface area contributed by atoms with E-state index in [9.17, 15) is 5.11 Å². The first-order valence-electron chi connectivity index (χ1n) is 6.40. The number of nitrogens with zero attached hydrogens (tertiary/aromatic N) is 1. The van der Waals surface area contributed by atoms with Crippen molar-refractivity contribution < 1.29 is 14.9 Å². The molecule has 1 aliphatic heterocycles. The second-order valence-corrected chi connectivity index (χ2v) is 4.87. The van der Waals surface area contributed by atoms with Gasteiger partial charge in [0.2, 0.25) is 0 Å². The van der Waals surface area contributed by atoms with Gasteiger partial charge < -0.3 is 14.9 Å². The molecule has 18 heavy (non-hydrogen) atoms. The Morgan fingerprint density at radius 3 is 2.78 bits per heavy atom. The van der Waals surface area contributed by atoms with Crippen LogP contribution in [0.25, 0.3) is 0 Å². The lowest BCUT2D eigenvalue weighted by Crippen LogP contribution is -2.50. The predicted molar refractivity (Wildman–Crippen MR) is 69.3 cm³/mol. The quantitative estimate of drug-likeness (QED) is 0.831. The first-order chi connectivity index (χ1) is 8.70. The zero-order valence-corrected chi connectivity index (χ0v) is 10.7. The number of hydrogen-bond donors (Lipinski definition) is 2. The standard InChI is InChI=1S/C14H21NO3/c1-11-10-18-13(9-16)7-15(11)8-14(17)12-5-3-2-4-6-12/h2-6,11,13-14,16-17H,7-10H2,1H3. The van der Waals surface area contributed by atoms with Gasteiger partial charge in [0.1, 0.15) is 0 Å². The van der Waals surface area contributed by atoms with E-state index in [4.69, 9.17) is 9.84 Å². The number of morpholine rings is 1. The van der Waals surface area contributed by atoms with Gasteiger partial charge in [-0.1, -0.05) is 30.3 Å². The molecule has 4 nitrogen and oxygen atoms in total. The monoisotopic (exact) mass is 251 g/mol. The number of hydrogen-bond acceptors (Lipinski definition) is 4. The lowest BCUT2D eigenvalue weighted by atomic mass is 10.1. The van der Waals surface area contributed by atoms with Crippen LogP contribution in [0.1, 0.15) is 18.6 Å². The summed E-state index contributed by atoms with van der Waals surface area (Å²) < 4.78 is 5.48. The highest BCUT2D eigenvalue weighted by Gasteiger charge is 2.27. The molecule has 3 atom stereocenters. The molecule has 100 valence electrons. The third-order valence-corrected chi connectivity index (χ3v) is 3.43. The van der Waals surface area contributed by atoms with E-state index in [1.165, 1.54) is 0 Å². The molecule has 1 fully saturated rings. The summed E-state index contributed by atoms with van der Waals surface area (Å²) in [7, 11) is 0. The van der Waals surface area contributed by atoms with Gasteiger partial charge in [-0.25, -0.2) is 0 Å². The summed E-state index contributed by atoms with van der Waals surface area (Å²) in [4.78, 5) is 2.17. The molecule has 0 aliphatic carbocycles. The third kappa shape index (κ3) is 3.29. The lowest BCUT2D eigenvalue weighted by molar-refractivity contribution is -0.0869. The number of rotatable bonds is 4. The molecule has 1 heterocycles. The Kier molecular flexibility index (Phi) is 4.72. The van der Waals surface area contributed by atoms with Gasteiger partial charge in [0.25, 0.3) is 0 Å². The van der Waals surface area contributed by atoms with Crippen LogP contribution in [0.15, 0.2) is 30.3 Å². The molecular formula is C14H21NO3. The Labute approximate surface area is 108 Å². The van der Waals surface area contributed by atoms with Gasteiger partial charge >= 0.3 is 0 Å². The Hall–Kier alpha value is -0.940. The number of ether oxygens (including phenoxy) is 1. The highest BCUT2D eigenvalue weighted by atomic mass is 16.5. The van der Waals surface area contributed by atoms with E-state index < -0.39 is 6.10 Å². The van der Waals surface area contributed by atoms with Gasteiger partial charge in [0.15, 0.2) is 0 Å². The van der Waals surface area contributed by atoms with Crippen molar-refractivity contribution in [2.24, 2.45) is 0 Å². The number of benzene rings is 1. The van der Waals surface area contributed by atoms with Gasteiger partial charge in [0.05, 0.1) is 25.4 Å². The second-order valence-electron chi connectivity index (χ2n) is 4.87. The summed E-state index contributed by atoms with van der Waals surface area (Å²) in [6.07, 6.45) is -0.629. The molecule has 0 radical (unpaired) electrons. The minimum absolute atomic E-state index is 0.0324. The predicted octanol–water partition coefficient (Wildman–Crippen LogP) is 0.802. The lowest BCUT2D eigenvalue weighted by Gasteiger charge is -2.38. The second kappa shape index (κ2) is 6.29. The Bertz CT molecular complexity index is 357. The zero-order valence-electron chi connectivity index (χ0n) is 10.7. The highest BCUT2D eigenvalue weighted by Crippen LogP contribution is 2.18. The summed E-state index contributed by atoms with van der Waals surface area (Å²) >= 11 is 0. The number of aliphatic hydroxyl groups excluding tert-OH is 2. The normalized spacial score (nSPS) is 27.1. The zero-order chi connectivity index (χ0) is 13.0. The van der Waals surface area contributed by atoms with Gasteiger partial charge in [-0.3, -0.25) is 4.90 Å². The van der Waals surface area contributed by atoms with E-state index in [1.54, 1.807) is 0 Å². The van der Waals surface area contributed by atoms with Crippen LogP contribution in [-0.2, 0) is 4.74 Å². The topological polar surface area (TPSA) is 52.9 Å². The van der Waals surface area contributed by atoms with Crippen molar-refractivity contribution in [2.45, 2.75) is 25.2 Å². The molecule has 1 aliphatic rings. The van der Waals surface area contributed by atoms with Crippen molar-refractivity contribution in [2.75, 3.05) is 26.3 Å². The van der Waals surface area contributed by atoms with Crippen LogP contribution in [0.5, 0.6) is 0 Å². The molecule has 4 heteroatoms. The van der Waals surface area contributed by atoms with Crippen molar-refractivity contribution in [3.8, 4) is 0 Å². The average Bonchev–Trinajstić information content (AvgIpc) is 2.42. The van der Waals surface area contributed by atoms with E-state index in [2.05, 4.69) is 11.8 Å². The summed E-state index contributed by atoms with van der Waals surface area (Å²) in [5, 5.41) is 19.3. The van der Waals surface area contributed by atoms with Crippen molar-refractivity contribution >= 4 is 0 Å². The van der Waals surface area contributed by atoms with Crippen LogP contribution in [0, 0.1) is 0 Å². The van der Waals surface area contributed by atoms with Crippen LogP contribution >= 0.6 is 0 Å². The highest BCUT2D eigenvalue weighted by molar-refractivity contribution is 5.17. The molecule has 0 aromatic heterocycles. The Morgan fingerprint density at radius 1 is 1.39 bits per heavy atom. The van der Waals surface area contributed by atoms with E-state index in [0.29, 0.717) is 19.7 Å². The molecule has 0 amide bonds. The summed E-state index contributed by atoms with van der Waals surface area (Å²) in [6.45, 7) is 3.95. The molecule has 0 saturated carbocycles. The summed E-state index contributed by atoms with van der Waals surface area (Å²) in [5.41, 5.74) is 0.928. The average molecular weight is 251 g/mol. The molecule has 0 bridgehead atoms. The smallest absolute Gasteiger partial charge is 0.0933 e. The molecule has 3 unspecified atom stereocenters. The first kappa shape index (κ1) is 13.5. The van der Waals surface area contributed by atoms with Gasteiger partial charge in [-0.05, 0) is 12.5 Å². The minimum atomic E-state index is -0.494. The maximum atomic E-state index is 10.2. The van der Waals surface area contributed by atoms with Crippen molar-refractivity contribution in [1.29, 1.82) is 0 Å². The summed E-state index contributed by atoms with van der Waals surface area (Å²) in [5.74, 6) is 0. The minimum Gasteiger partial charge on any atom is -0.394 e. The van der Waals surface area contributed by atoms with Crippen LogP contribution in [0.2, 0.25) is 0 Å². The molecular weight excluding hydrogens is 230 g/mol. The van der Waals surface area contributed by atoms with Crippen molar-refractivity contribution in [3.05, 3.63) is 35.9 Å². The Morgan fingerprint density at radius 2 is 2.11 bits per heavy atom. The van der Waals surface area contributed by atoms with Gasteiger partial charge in [-0.15, -0.1) is 0 Å². The van der Waals surface area contributed by atoms with Crippen LogP contribution in [0.3, 0.4) is 0 Å². The van der Waals surface area contributed by atoms with E-state index in [-0.39, 0.29) is 18.8 Å².